The van der Waals surface area contributed by atoms with E-state index in [1.54, 1.807) is 6.33 Å². The summed E-state index contributed by atoms with van der Waals surface area (Å²) in [4.78, 5) is 14.0. The van der Waals surface area contributed by atoms with Gasteiger partial charge in [0.15, 0.2) is 0 Å². The van der Waals surface area contributed by atoms with Gasteiger partial charge in [0.2, 0.25) is 0 Å². The van der Waals surface area contributed by atoms with Crippen molar-refractivity contribution in [3.05, 3.63) is 35.5 Å². The Balaban J connectivity index is 1.39. The quantitative estimate of drug-likeness (QED) is 0.929. The summed E-state index contributed by atoms with van der Waals surface area (Å²) in [6, 6.07) is 4.32. The third kappa shape index (κ3) is 3.40. The Kier molecular flexibility index (Phi) is 4.02. The van der Waals surface area contributed by atoms with Crippen LogP contribution >= 0.6 is 0 Å². The Labute approximate surface area is 149 Å². The molecule has 0 amide bonds. The number of likely N-dealkylation sites (tertiary alicyclic amines) is 1. The molecule has 0 spiro atoms. The maximum Gasteiger partial charge on any atom is 0.132 e. The summed E-state index contributed by atoms with van der Waals surface area (Å²) in [7, 11) is 0. The standard InChI is InChI=1S/C19H28N6/c1-13-5-16(23-22-13)11-24-7-14-9-25(10-15(14)8-24)18-6-17(19(2,3)4)20-12-21-18/h5-6,12,14-15H,7-11H2,1-4H3,(H,22,23). The van der Waals surface area contributed by atoms with Gasteiger partial charge in [0.1, 0.15) is 12.1 Å². The number of hydrogen-bond donors (Lipinski definition) is 1. The SMILES string of the molecule is Cc1cc(CN2CC3CN(c4cc(C(C)(C)C)ncn4)CC3C2)n[nH]1. The maximum absolute atomic E-state index is 4.54. The zero-order valence-corrected chi connectivity index (χ0v) is 15.7. The molecule has 2 fully saturated rings. The first-order chi connectivity index (χ1) is 11.9. The molecule has 6 heteroatoms. The van der Waals surface area contributed by atoms with Crippen LogP contribution in [0.1, 0.15) is 37.9 Å². The minimum absolute atomic E-state index is 0.0613. The second-order valence-corrected chi connectivity index (χ2v) is 8.67. The number of aryl methyl sites for hydroxylation is 1. The molecule has 25 heavy (non-hydrogen) atoms. The molecule has 1 N–H and O–H groups in total. The Bertz CT molecular complexity index is 732. The molecular weight excluding hydrogens is 312 g/mol. The predicted octanol–water partition coefficient (Wildman–Crippen LogP) is 2.37. The highest BCUT2D eigenvalue weighted by atomic mass is 15.3. The molecule has 4 rings (SSSR count). The van der Waals surface area contributed by atoms with Crippen molar-refractivity contribution in [1.29, 1.82) is 0 Å². The Morgan fingerprint density at radius 3 is 2.40 bits per heavy atom. The molecule has 2 atom stereocenters. The van der Waals surface area contributed by atoms with Gasteiger partial charge in [0, 0.05) is 49.9 Å². The predicted molar refractivity (Wildman–Crippen MR) is 98.5 cm³/mol. The number of anilines is 1. The largest absolute Gasteiger partial charge is 0.356 e. The number of H-pyrrole nitrogens is 1. The van der Waals surface area contributed by atoms with E-state index < -0.39 is 0 Å². The summed E-state index contributed by atoms with van der Waals surface area (Å²) in [6.45, 7) is 14.1. The number of rotatable bonds is 3. The lowest BCUT2D eigenvalue weighted by atomic mass is 9.92. The van der Waals surface area contributed by atoms with Gasteiger partial charge in [-0.25, -0.2) is 9.97 Å². The first-order valence-electron chi connectivity index (χ1n) is 9.19. The number of nitrogens with zero attached hydrogens (tertiary/aromatic N) is 5. The lowest BCUT2D eigenvalue weighted by Crippen LogP contribution is -2.29. The fourth-order valence-electron chi connectivity index (χ4n) is 4.12. The molecule has 0 aliphatic carbocycles. The third-order valence-corrected chi connectivity index (χ3v) is 5.45. The summed E-state index contributed by atoms with van der Waals surface area (Å²) in [5, 5.41) is 7.41. The molecule has 2 aromatic rings. The van der Waals surface area contributed by atoms with E-state index in [1.165, 1.54) is 0 Å². The number of fused-ring (bicyclic) bond motifs is 1. The highest BCUT2D eigenvalue weighted by Crippen LogP contribution is 2.34. The monoisotopic (exact) mass is 340 g/mol. The molecule has 6 nitrogen and oxygen atoms in total. The normalized spacial score (nSPS) is 24.1. The minimum Gasteiger partial charge on any atom is -0.356 e. The first kappa shape index (κ1) is 16.5. The van der Waals surface area contributed by atoms with Crippen LogP contribution < -0.4 is 4.90 Å². The van der Waals surface area contributed by atoms with Crippen molar-refractivity contribution in [2.75, 3.05) is 31.1 Å². The van der Waals surface area contributed by atoms with E-state index in [-0.39, 0.29) is 5.41 Å². The first-order valence-corrected chi connectivity index (χ1v) is 9.19. The molecular formula is C19H28N6. The summed E-state index contributed by atoms with van der Waals surface area (Å²) in [5.41, 5.74) is 3.47. The van der Waals surface area contributed by atoms with Crippen LogP contribution in [0.2, 0.25) is 0 Å². The third-order valence-electron chi connectivity index (χ3n) is 5.45. The summed E-state index contributed by atoms with van der Waals surface area (Å²) in [6.07, 6.45) is 1.72. The molecule has 0 radical (unpaired) electrons. The van der Waals surface area contributed by atoms with E-state index in [4.69, 9.17) is 0 Å². The molecule has 0 aromatic carbocycles. The molecule has 2 aromatic heterocycles. The van der Waals surface area contributed by atoms with Crippen molar-refractivity contribution in [3.8, 4) is 0 Å². The van der Waals surface area contributed by atoms with E-state index in [2.05, 4.69) is 69.8 Å². The molecule has 2 aliphatic heterocycles. The van der Waals surface area contributed by atoms with Gasteiger partial charge in [0.05, 0.1) is 11.4 Å². The lowest BCUT2D eigenvalue weighted by Gasteiger charge is -2.24. The number of hydrogen-bond acceptors (Lipinski definition) is 5. The number of nitrogens with one attached hydrogen (secondary N) is 1. The van der Waals surface area contributed by atoms with Gasteiger partial charge in [-0.1, -0.05) is 20.8 Å². The Morgan fingerprint density at radius 1 is 1.08 bits per heavy atom. The van der Waals surface area contributed by atoms with Crippen LogP contribution in [0.4, 0.5) is 5.82 Å². The molecule has 0 saturated carbocycles. The van der Waals surface area contributed by atoms with Crippen LogP contribution in [-0.2, 0) is 12.0 Å². The van der Waals surface area contributed by atoms with E-state index in [0.717, 1.165) is 67.5 Å². The van der Waals surface area contributed by atoms with Gasteiger partial charge < -0.3 is 4.90 Å². The van der Waals surface area contributed by atoms with Crippen LogP contribution in [0.3, 0.4) is 0 Å². The van der Waals surface area contributed by atoms with Gasteiger partial charge in [0.25, 0.3) is 0 Å². The highest BCUT2D eigenvalue weighted by molar-refractivity contribution is 5.42. The van der Waals surface area contributed by atoms with Crippen molar-refractivity contribution < 1.29 is 0 Å². The van der Waals surface area contributed by atoms with E-state index in [0.29, 0.717) is 0 Å². The number of aromatic nitrogens is 4. The van der Waals surface area contributed by atoms with Crippen molar-refractivity contribution in [2.45, 2.75) is 39.7 Å². The van der Waals surface area contributed by atoms with E-state index in [1.807, 2.05) is 0 Å². The fourth-order valence-corrected chi connectivity index (χ4v) is 4.12. The minimum atomic E-state index is 0.0613. The van der Waals surface area contributed by atoms with E-state index >= 15 is 0 Å². The Morgan fingerprint density at radius 2 is 1.80 bits per heavy atom. The Hall–Kier alpha value is -1.95. The summed E-state index contributed by atoms with van der Waals surface area (Å²) < 4.78 is 0. The van der Waals surface area contributed by atoms with Gasteiger partial charge >= 0.3 is 0 Å². The number of aromatic amines is 1. The van der Waals surface area contributed by atoms with Crippen molar-refractivity contribution in [1.82, 2.24) is 25.1 Å². The molecule has 0 bridgehead atoms. The van der Waals surface area contributed by atoms with Gasteiger partial charge in [-0.2, -0.15) is 5.10 Å². The second-order valence-electron chi connectivity index (χ2n) is 8.67. The van der Waals surface area contributed by atoms with Gasteiger partial charge in [-0.05, 0) is 24.8 Å². The zero-order chi connectivity index (χ0) is 17.6. The fraction of sp³-hybridized carbons (Fsp3) is 0.632. The zero-order valence-electron chi connectivity index (χ0n) is 15.7. The lowest BCUT2D eigenvalue weighted by molar-refractivity contribution is 0.305. The molecule has 4 heterocycles. The summed E-state index contributed by atoms with van der Waals surface area (Å²) >= 11 is 0. The van der Waals surface area contributed by atoms with Crippen LogP contribution in [-0.4, -0.2) is 51.2 Å². The highest BCUT2D eigenvalue weighted by Gasteiger charge is 2.40. The van der Waals surface area contributed by atoms with Gasteiger partial charge in [-0.15, -0.1) is 0 Å². The van der Waals surface area contributed by atoms with E-state index in [9.17, 15) is 0 Å². The second kappa shape index (κ2) is 6.09. The van der Waals surface area contributed by atoms with Crippen LogP contribution in [0.5, 0.6) is 0 Å². The van der Waals surface area contributed by atoms with Crippen LogP contribution in [0.15, 0.2) is 18.5 Å². The van der Waals surface area contributed by atoms with Crippen molar-refractivity contribution in [3.63, 3.8) is 0 Å². The summed E-state index contributed by atoms with van der Waals surface area (Å²) in [5.74, 6) is 2.55. The average molecular weight is 340 g/mol. The smallest absolute Gasteiger partial charge is 0.132 e. The van der Waals surface area contributed by atoms with Crippen molar-refractivity contribution >= 4 is 5.82 Å². The molecule has 2 aliphatic rings. The molecule has 134 valence electrons. The topological polar surface area (TPSA) is 60.9 Å². The average Bonchev–Trinajstić information content (AvgIpc) is 3.22. The molecule has 2 unspecified atom stereocenters. The maximum atomic E-state index is 4.54. The van der Waals surface area contributed by atoms with Crippen LogP contribution in [0.25, 0.3) is 0 Å². The van der Waals surface area contributed by atoms with Gasteiger partial charge in [-0.3, -0.25) is 10.00 Å². The van der Waals surface area contributed by atoms with Crippen molar-refractivity contribution in [2.24, 2.45) is 11.8 Å². The molecule has 2 saturated heterocycles. The van der Waals surface area contributed by atoms with Crippen LogP contribution in [0, 0.1) is 18.8 Å².